The van der Waals surface area contributed by atoms with Crippen molar-refractivity contribution in [2.45, 2.75) is 173 Å². The van der Waals surface area contributed by atoms with Crippen LogP contribution in [0.15, 0.2) is 60.8 Å². The van der Waals surface area contributed by atoms with Crippen LogP contribution >= 0.6 is 0 Å². The van der Waals surface area contributed by atoms with E-state index in [0.717, 1.165) is 57.8 Å². The summed E-state index contributed by atoms with van der Waals surface area (Å²) >= 11 is 0. The summed E-state index contributed by atoms with van der Waals surface area (Å²) in [7, 11) is 0. The number of carbonyl (C=O) groups is 1. The van der Waals surface area contributed by atoms with Gasteiger partial charge in [0.2, 0.25) is 5.91 Å². The third kappa shape index (κ3) is 30.1. The maximum Gasteiger partial charge on any atom is 0.222 e. The maximum atomic E-state index is 12.3. The van der Waals surface area contributed by atoms with Crippen molar-refractivity contribution in [2.75, 3.05) is 6.61 Å². The molecular weight excluding hydrogens is 546 g/mol. The molecule has 0 heterocycles. The van der Waals surface area contributed by atoms with Crippen molar-refractivity contribution in [3.63, 3.8) is 0 Å². The minimum atomic E-state index is -0.964. The molecular formula is C39H69NO4. The molecule has 0 fully saturated rings. The molecule has 5 nitrogen and oxygen atoms in total. The number of unbranched alkanes of at least 4 members (excludes halogenated alkanes) is 14. The Bertz CT molecular complexity index is 770. The Balaban J connectivity index is 3.87. The van der Waals surface area contributed by atoms with Crippen molar-refractivity contribution in [3.05, 3.63) is 60.8 Å². The van der Waals surface area contributed by atoms with Crippen LogP contribution in [0.25, 0.3) is 0 Å². The second-order valence-corrected chi connectivity index (χ2v) is 12.1. The first-order chi connectivity index (χ1) is 21.5. The molecule has 0 saturated carbocycles. The average Bonchev–Trinajstić information content (AvgIpc) is 3.01. The first-order valence-electron chi connectivity index (χ1n) is 18.1. The van der Waals surface area contributed by atoms with Crippen molar-refractivity contribution in [1.82, 2.24) is 5.32 Å². The van der Waals surface area contributed by atoms with Crippen molar-refractivity contribution >= 4 is 5.91 Å². The minimum Gasteiger partial charge on any atom is -0.394 e. The van der Waals surface area contributed by atoms with Crippen molar-refractivity contribution in [1.29, 1.82) is 0 Å². The van der Waals surface area contributed by atoms with Gasteiger partial charge in [-0.3, -0.25) is 4.79 Å². The predicted molar refractivity (Wildman–Crippen MR) is 190 cm³/mol. The lowest BCUT2D eigenvalue weighted by atomic mass is 10.0. The molecule has 0 aromatic carbocycles. The first-order valence-corrected chi connectivity index (χ1v) is 18.1. The van der Waals surface area contributed by atoms with Crippen LogP contribution in [0.1, 0.15) is 155 Å². The fourth-order valence-electron chi connectivity index (χ4n) is 4.93. The molecule has 0 spiro atoms. The van der Waals surface area contributed by atoms with Gasteiger partial charge < -0.3 is 20.6 Å². The van der Waals surface area contributed by atoms with Crippen LogP contribution in [0.2, 0.25) is 0 Å². The third-order valence-corrected chi connectivity index (χ3v) is 7.76. The molecule has 254 valence electrons. The molecule has 0 radical (unpaired) electrons. The number of aliphatic hydroxyl groups excluding tert-OH is 3. The highest BCUT2D eigenvalue weighted by molar-refractivity contribution is 5.76. The van der Waals surface area contributed by atoms with Crippen LogP contribution < -0.4 is 5.32 Å². The standard InChI is InChI=1S/C39H69NO4/c1-3-5-7-9-11-13-15-17-19-20-22-24-26-28-30-32-36(42)34-39(44)40-37(35-41)38(43)33-31-29-27-25-23-21-18-16-14-12-10-8-6-4-2/h11,13-14,16-17,19,23,25,31,33,36-38,41-43H,3-10,12,15,18,20-22,24,26-30,32,34-35H2,1-2H3,(H,40,44)/b13-11-,16-14+,19-17-,25-23+,33-31+. The molecule has 1 amide bonds. The van der Waals surface area contributed by atoms with Gasteiger partial charge >= 0.3 is 0 Å². The summed E-state index contributed by atoms with van der Waals surface area (Å²) in [5, 5.41) is 33.0. The topological polar surface area (TPSA) is 89.8 Å². The van der Waals surface area contributed by atoms with Crippen molar-refractivity contribution < 1.29 is 20.1 Å². The predicted octanol–water partition coefficient (Wildman–Crippen LogP) is 9.59. The van der Waals surface area contributed by atoms with E-state index in [2.05, 4.69) is 67.8 Å². The summed E-state index contributed by atoms with van der Waals surface area (Å²) in [5.74, 6) is -0.343. The van der Waals surface area contributed by atoms with Gasteiger partial charge in [0.25, 0.3) is 0 Å². The van der Waals surface area contributed by atoms with Crippen LogP contribution in [-0.2, 0) is 4.79 Å². The summed E-state index contributed by atoms with van der Waals surface area (Å²) in [6.45, 7) is 4.11. The van der Waals surface area contributed by atoms with Crippen LogP contribution in [0.3, 0.4) is 0 Å². The Hall–Kier alpha value is -1.95. The van der Waals surface area contributed by atoms with Gasteiger partial charge in [0.1, 0.15) is 0 Å². The number of aliphatic hydroxyl groups is 3. The van der Waals surface area contributed by atoms with Gasteiger partial charge in [0, 0.05) is 0 Å². The highest BCUT2D eigenvalue weighted by Gasteiger charge is 2.20. The van der Waals surface area contributed by atoms with Gasteiger partial charge in [0.05, 0.1) is 31.3 Å². The van der Waals surface area contributed by atoms with E-state index in [4.69, 9.17) is 0 Å². The quantitative estimate of drug-likeness (QED) is 0.0462. The molecule has 3 atom stereocenters. The van der Waals surface area contributed by atoms with Gasteiger partial charge in [-0.25, -0.2) is 0 Å². The normalized spacial score (nSPS) is 14.6. The Morgan fingerprint density at radius 3 is 1.64 bits per heavy atom. The number of amides is 1. The average molecular weight is 616 g/mol. The Morgan fingerprint density at radius 2 is 1.05 bits per heavy atom. The van der Waals surface area contributed by atoms with E-state index in [1.165, 1.54) is 70.6 Å². The largest absolute Gasteiger partial charge is 0.394 e. The smallest absolute Gasteiger partial charge is 0.222 e. The fraction of sp³-hybridized carbons (Fsp3) is 0.718. The van der Waals surface area contributed by atoms with E-state index in [-0.39, 0.29) is 18.9 Å². The molecule has 0 aliphatic carbocycles. The number of hydrogen-bond donors (Lipinski definition) is 4. The summed E-state index contributed by atoms with van der Waals surface area (Å²) < 4.78 is 0. The summed E-state index contributed by atoms with van der Waals surface area (Å²) in [4.78, 5) is 12.3. The molecule has 4 N–H and O–H groups in total. The molecule has 3 unspecified atom stereocenters. The fourth-order valence-corrected chi connectivity index (χ4v) is 4.93. The minimum absolute atomic E-state index is 0.0103. The van der Waals surface area contributed by atoms with E-state index in [9.17, 15) is 20.1 Å². The Kier molecular flexibility index (Phi) is 32.4. The van der Waals surface area contributed by atoms with E-state index in [1.54, 1.807) is 6.08 Å². The molecule has 5 heteroatoms. The van der Waals surface area contributed by atoms with E-state index >= 15 is 0 Å². The van der Waals surface area contributed by atoms with Crippen LogP contribution in [0.5, 0.6) is 0 Å². The van der Waals surface area contributed by atoms with Crippen LogP contribution in [0.4, 0.5) is 0 Å². The highest BCUT2D eigenvalue weighted by atomic mass is 16.3. The lowest BCUT2D eigenvalue weighted by molar-refractivity contribution is -0.124. The number of carbonyl (C=O) groups excluding carboxylic acids is 1. The molecule has 0 aromatic heterocycles. The first kappa shape index (κ1) is 42.0. The lowest BCUT2D eigenvalue weighted by Gasteiger charge is -2.20. The van der Waals surface area contributed by atoms with E-state index < -0.39 is 18.2 Å². The van der Waals surface area contributed by atoms with Gasteiger partial charge in [-0.05, 0) is 77.0 Å². The Labute approximate surface area is 271 Å². The van der Waals surface area contributed by atoms with Crippen LogP contribution in [0, 0.1) is 0 Å². The summed E-state index contributed by atoms with van der Waals surface area (Å²) in [6.07, 6.45) is 43.4. The van der Waals surface area contributed by atoms with Gasteiger partial charge in [-0.15, -0.1) is 0 Å². The monoisotopic (exact) mass is 616 g/mol. The Morgan fingerprint density at radius 1 is 0.591 bits per heavy atom. The zero-order valence-corrected chi connectivity index (χ0v) is 28.5. The zero-order chi connectivity index (χ0) is 32.4. The molecule has 44 heavy (non-hydrogen) atoms. The molecule has 0 aliphatic rings. The summed E-state index contributed by atoms with van der Waals surface area (Å²) in [5.41, 5.74) is 0. The van der Waals surface area contributed by atoms with Crippen molar-refractivity contribution in [3.8, 4) is 0 Å². The van der Waals surface area contributed by atoms with Gasteiger partial charge in [0.15, 0.2) is 0 Å². The molecule has 0 rings (SSSR count). The molecule has 0 bridgehead atoms. The van der Waals surface area contributed by atoms with E-state index in [1.807, 2.05) is 6.08 Å². The molecule has 0 aliphatic heterocycles. The molecule has 0 aromatic rings. The van der Waals surface area contributed by atoms with Gasteiger partial charge in [-0.2, -0.15) is 0 Å². The third-order valence-electron chi connectivity index (χ3n) is 7.76. The highest BCUT2D eigenvalue weighted by Crippen LogP contribution is 2.11. The SMILES string of the molecule is CCCCC/C=C\C/C=C\CCCCCCCC(O)CC(=O)NC(CO)C(O)/C=C/CC/C=C/CC/C=C/CCCCCC. The van der Waals surface area contributed by atoms with Gasteiger partial charge in [-0.1, -0.05) is 132 Å². The number of rotatable bonds is 31. The number of allylic oxidation sites excluding steroid dienone is 9. The van der Waals surface area contributed by atoms with E-state index in [0.29, 0.717) is 6.42 Å². The number of hydrogen-bond acceptors (Lipinski definition) is 4. The van der Waals surface area contributed by atoms with Crippen molar-refractivity contribution in [2.24, 2.45) is 0 Å². The maximum absolute atomic E-state index is 12.3. The molecule has 0 saturated heterocycles. The zero-order valence-electron chi connectivity index (χ0n) is 28.5. The summed E-state index contributed by atoms with van der Waals surface area (Å²) in [6, 6.07) is -0.772. The second-order valence-electron chi connectivity index (χ2n) is 12.1. The second kappa shape index (κ2) is 33.9. The van der Waals surface area contributed by atoms with Crippen LogP contribution in [-0.4, -0.2) is 46.1 Å². The number of nitrogens with one attached hydrogen (secondary N) is 1. The lowest BCUT2D eigenvalue weighted by Crippen LogP contribution is -2.45.